The van der Waals surface area contributed by atoms with E-state index in [4.69, 9.17) is 4.74 Å². The van der Waals surface area contributed by atoms with Crippen molar-refractivity contribution in [3.05, 3.63) is 57.8 Å². The highest BCUT2D eigenvalue weighted by Gasteiger charge is 2.05. The van der Waals surface area contributed by atoms with Gasteiger partial charge in [-0.3, -0.25) is 14.2 Å². The fourth-order valence-corrected chi connectivity index (χ4v) is 2.09. The number of hydrogen-bond donors (Lipinski definition) is 1. The van der Waals surface area contributed by atoms with Crippen LogP contribution in [0.1, 0.15) is 16.7 Å². The first-order valence-corrected chi connectivity index (χ1v) is 7.45. The normalized spacial score (nSPS) is 10.4. The number of aryl methyl sites for hydroxylation is 3. The van der Waals surface area contributed by atoms with Crippen molar-refractivity contribution in [3.63, 3.8) is 0 Å². The number of hydrogen-bond acceptors (Lipinski definition) is 4. The van der Waals surface area contributed by atoms with Crippen LogP contribution >= 0.6 is 0 Å². The zero-order valence-corrected chi connectivity index (χ0v) is 13.6. The van der Waals surface area contributed by atoms with Crippen LogP contribution in [0.4, 0.5) is 0 Å². The quantitative estimate of drug-likeness (QED) is 0.873. The molecule has 0 aliphatic rings. The Bertz CT molecular complexity index is 753. The Morgan fingerprint density at radius 1 is 1.26 bits per heavy atom. The maximum atomic E-state index is 11.8. The molecular formula is C17H21N3O3. The third kappa shape index (κ3) is 4.67. The first-order chi connectivity index (χ1) is 11.0. The fraction of sp³-hybridized carbons (Fsp3) is 0.353. The van der Waals surface area contributed by atoms with Crippen molar-refractivity contribution in [2.45, 2.75) is 27.3 Å². The lowest BCUT2D eigenvalue weighted by Gasteiger charge is -2.11. The average molecular weight is 315 g/mol. The molecule has 6 nitrogen and oxygen atoms in total. The van der Waals surface area contributed by atoms with Crippen LogP contribution in [-0.4, -0.2) is 28.6 Å². The van der Waals surface area contributed by atoms with Gasteiger partial charge in [0.15, 0.2) is 6.61 Å². The first-order valence-electron chi connectivity index (χ1n) is 7.45. The molecule has 1 amide bonds. The van der Waals surface area contributed by atoms with Crippen LogP contribution in [0.3, 0.4) is 0 Å². The lowest BCUT2D eigenvalue weighted by Crippen LogP contribution is -2.34. The van der Waals surface area contributed by atoms with Gasteiger partial charge < -0.3 is 10.1 Å². The van der Waals surface area contributed by atoms with E-state index in [0.29, 0.717) is 24.4 Å². The standard InChI is InChI=1S/C17H21N3O3/c1-12-4-5-13(2)15(8-12)23-10-16(21)19-6-7-20-11-18-9-14(3)17(20)22/h4-5,8-9,11H,6-7,10H2,1-3H3,(H,19,21). The summed E-state index contributed by atoms with van der Waals surface area (Å²) in [4.78, 5) is 27.6. The van der Waals surface area contributed by atoms with Crippen molar-refractivity contribution in [2.75, 3.05) is 13.2 Å². The van der Waals surface area contributed by atoms with Crippen LogP contribution in [0.2, 0.25) is 0 Å². The molecule has 6 heteroatoms. The molecular weight excluding hydrogens is 294 g/mol. The third-order valence-electron chi connectivity index (χ3n) is 3.45. The molecule has 0 atom stereocenters. The number of carbonyl (C=O) groups is 1. The maximum absolute atomic E-state index is 11.8. The van der Waals surface area contributed by atoms with Gasteiger partial charge in [0.2, 0.25) is 0 Å². The van der Waals surface area contributed by atoms with Crippen molar-refractivity contribution in [1.29, 1.82) is 0 Å². The lowest BCUT2D eigenvalue weighted by atomic mass is 10.1. The minimum Gasteiger partial charge on any atom is -0.483 e. The summed E-state index contributed by atoms with van der Waals surface area (Å²) in [5.41, 5.74) is 2.55. The van der Waals surface area contributed by atoms with Crippen LogP contribution < -0.4 is 15.6 Å². The minimum absolute atomic E-state index is 0.0503. The highest BCUT2D eigenvalue weighted by Crippen LogP contribution is 2.18. The van der Waals surface area contributed by atoms with Gasteiger partial charge in [-0.05, 0) is 38.0 Å². The molecule has 2 aromatic rings. The van der Waals surface area contributed by atoms with Crippen LogP contribution in [0.5, 0.6) is 5.75 Å². The van der Waals surface area contributed by atoms with Gasteiger partial charge in [-0.15, -0.1) is 0 Å². The van der Waals surface area contributed by atoms with Crippen molar-refractivity contribution in [3.8, 4) is 5.75 Å². The minimum atomic E-state index is -0.223. The molecule has 0 saturated heterocycles. The van der Waals surface area contributed by atoms with Crippen LogP contribution in [0, 0.1) is 20.8 Å². The number of amides is 1. The highest BCUT2D eigenvalue weighted by molar-refractivity contribution is 5.77. The van der Waals surface area contributed by atoms with Gasteiger partial charge in [0.25, 0.3) is 11.5 Å². The van der Waals surface area contributed by atoms with E-state index >= 15 is 0 Å². The summed E-state index contributed by atoms with van der Waals surface area (Å²) in [5, 5.41) is 2.73. The number of nitrogens with zero attached hydrogens (tertiary/aromatic N) is 2. The number of ether oxygens (including phenoxy) is 1. The molecule has 1 N–H and O–H groups in total. The van der Waals surface area contributed by atoms with E-state index in [0.717, 1.165) is 11.1 Å². The average Bonchev–Trinajstić information content (AvgIpc) is 2.52. The smallest absolute Gasteiger partial charge is 0.258 e. The second-order valence-corrected chi connectivity index (χ2v) is 5.48. The number of nitrogens with one attached hydrogen (secondary N) is 1. The molecule has 0 saturated carbocycles. The summed E-state index contributed by atoms with van der Waals surface area (Å²) in [5.74, 6) is 0.485. The zero-order chi connectivity index (χ0) is 16.8. The van der Waals surface area contributed by atoms with E-state index in [-0.39, 0.29) is 18.1 Å². The van der Waals surface area contributed by atoms with E-state index in [1.165, 1.54) is 17.1 Å². The van der Waals surface area contributed by atoms with E-state index in [1.54, 1.807) is 6.92 Å². The molecule has 2 rings (SSSR count). The molecule has 0 unspecified atom stereocenters. The zero-order valence-electron chi connectivity index (χ0n) is 13.6. The molecule has 0 spiro atoms. The topological polar surface area (TPSA) is 73.2 Å². The van der Waals surface area contributed by atoms with E-state index in [1.807, 2.05) is 32.0 Å². The fourth-order valence-electron chi connectivity index (χ4n) is 2.09. The van der Waals surface area contributed by atoms with Gasteiger partial charge in [0.1, 0.15) is 5.75 Å². The van der Waals surface area contributed by atoms with E-state index in [2.05, 4.69) is 10.3 Å². The van der Waals surface area contributed by atoms with Crippen LogP contribution in [-0.2, 0) is 11.3 Å². The Morgan fingerprint density at radius 3 is 2.83 bits per heavy atom. The Kier molecular flexibility index (Phi) is 5.51. The second-order valence-electron chi connectivity index (χ2n) is 5.48. The SMILES string of the molecule is Cc1ccc(C)c(OCC(=O)NCCn2cncc(C)c2=O)c1. The van der Waals surface area contributed by atoms with Gasteiger partial charge in [-0.1, -0.05) is 12.1 Å². The maximum Gasteiger partial charge on any atom is 0.258 e. The summed E-state index contributed by atoms with van der Waals surface area (Å²) < 4.78 is 7.01. The van der Waals surface area contributed by atoms with Crippen LogP contribution in [0.25, 0.3) is 0 Å². The Hall–Kier alpha value is -2.63. The Labute approximate surface area is 135 Å². The largest absolute Gasteiger partial charge is 0.483 e. The predicted molar refractivity (Wildman–Crippen MR) is 87.7 cm³/mol. The van der Waals surface area contributed by atoms with Crippen molar-refractivity contribution in [1.82, 2.24) is 14.9 Å². The van der Waals surface area contributed by atoms with Gasteiger partial charge in [0, 0.05) is 24.8 Å². The van der Waals surface area contributed by atoms with Gasteiger partial charge >= 0.3 is 0 Å². The summed E-state index contributed by atoms with van der Waals surface area (Å²) in [7, 11) is 0. The highest BCUT2D eigenvalue weighted by atomic mass is 16.5. The Balaban J connectivity index is 1.80. The summed E-state index contributed by atoms with van der Waals surface area (Å²) in [6, 6.07) is 5.86. The number of rotatable bonds is 6. The van der Waals surface area contributed by atoms with Gasteiger partial charge in [-0.25, -0.2) is 4.98 Å². The molecule has 23 heavy (non-hydrogen) atoms. The van der Waals surface area contributed by atoms with E-state index in [9.17, 15) is 9.59 Å². The van der Waals surface area contributed by atoms with Gasteiger partial charge in [0.05, 0.1) is 6.33 Å². The van der Waals surface area contributed by atoms with Crippen molar-refractivity contribution < 1.29 is 9.53 Å². The number of aromatic nitrogens is 2. The Morgan fingerprint density at radius 2 is 2.04 bits per heavy atom. The molecule has 0 bridgehead atoms. The van der Waals surface area contributed by atoms with E-state index < -0.39 is 0 Å². The molecule has 0 aliphatic heterocycles. The first kappa shape index (κ1) is 16.7. The van der Waals surface area contributed by atoms with Gasteiger partial charge in [-0.2, -0.15) is 0 Å². The lowest BCUT2D eigenvalue weighted by molar-refractivity contribution is -0.123. The molecule has 1 aromatic carbocycles. The van der Waals surface area contributed by atoms with Crippen molar-refractivity contribution >= 4 is 5.91 Å². The van der Waals surface area contributed by atoms with Crippen molar-refractivity contribution in [2.24, 2.45) is 0 Å². The molecule has 0 fully saturated rings. The molecule has 122 valence electrons. The summed E-state index contributed by atoms with van der Waals surface area (Å²) in [6.07, 6.45) is 2.99. The molecule has 0 radical (unpaired) electrons. The second kappa shape index (κ2) is 7.58. The monoisotopic (exact) mass is 315 g/mol. The molecule has 1 aromatic heterocycles. The number of benzene rings is 1. The summed E-state index contributed by atoms with van der Waals surface area (Å²) in [6.45, 7) is 6.29. The summed E-state index contributed by atoms with van der Waals surface area (Å²) >= 11 is 0. The molecule has 0 aliphatic carbocycles. The number of carbonyl (C=O) groups excluding carboxylic acids is 1. The third-order valence-corrected chi connectivity index (χ3v) is 3.45. The predicted octanol–water partition coefficient (Wildman–Crippen LogP) is 1.36. The molecule has 1 heterocycles. The van der Waals surface area contributed by atoms with Crippen LogP contribution in [0.15, 0.2) is 35.5 Å².